The number of carbonyl (C=O) groups excluding carboxylic acids is 1. The maximum absolute atomic E-state index is 12.7. The zero-order valence-corrected chi connectivity index (χ0v) is 17.5. The molecular formula is C21H27N5OS. The van der Waals surface area contributed by atoms with Crippen LogP contribution in [0.2, 0.25) is 0 Å². The number of amides is 1. The van der Waals surface area contributed by atoms with Crippen molar-refractivity contribution >= 4 is 39.7 Å². The highest BCUT2D eigenvalue weighted by Crippen LogP contribution is 2.29. The van der Waals surface area contributed by atoms with Gasteiger partial charge in [0.05, 0.1) is 10.8 Å². The van der Waals surface area contributed by atoms with Crippen molar-refractivity contribution in [2.45, 2.75) is 69.4 Å². The lowest BCUT2D eigenvalue weighted by Gasteiger charge is -2.30. The second kappa shape index (κ2) is 8.07. The molecule has 0 saturated heterocycles. The van der Waals surface area contributed by atoms with Crippen molar-refractivity contribution in [3.63, 3.8) is 0 Å². The Morgan fingerprint density at radius 2 is 2.07 bits per heavy atom. The second-order valence-electron chi connectivity index (χ2n) is 7.66. The topological polar surface area (TPSA) is 72.7 Å². The van der Waals surface area contributed by atoms with Gasteiger partial charge in [0.1, 0.15) is 5.52 Å². The molecule has 6 nitrogen and oxygen atoms in total. The monoisotopic (exact) mass is 397 g/mol. The van der Waals surface area contributed by atoms with Gasteiger partial charge in [-0.3, -0.25) is 4.79 Å². The van der Waals surface area contributed by atoms with E-state index >= 15 is 0 Å². The third kappa shape index (κ3) is 3.60. The highest BCUT2D eigenvalue weighted by Gasteiger charge is 2.26. The number of carbonyl (C=O) groups is 1. The Balaban J connectivity index is 1.54. The number of nitrogens with zero attached hydrogens (tertiary/aromatic N) is 4. The van der Waals surface area contributed by atoms with Crippen molar-refractivity contribution in [1.29, 1.82) is 0 Å². The molecule has 3 aromatic rings. The van der Waals surface area contributed by atoms with E-state index in [1.807, 2.05) is 19.1 Å². The Labute approximate surface area is 169 Å². The third-order valence-electron chi connectivity index (χ3n) is 5.76. The molecule has 0 radical (unpaired) electrons. The summed E-state index contributed by atoms with van der Waals surface area (Å²) in [7, 11) is 0. The Hall–Kier alpha value is -2.15. The number of nitrogens with one attached hydrogen (secondary N) is 1. The lowest BCUT2D eigenvalue weighted by Crippen LogP contribution is -2.44. The second-order valence-corrected chi connectivity index (χ2v) is 8.97. The fraction of sp³-hybridized carbons (Fsp3) is 0.524. The molecule has 0 bridgehead atoms. The Morgan fingerprint density at radius 1 is 1.29 bits per heavy atom. The van der Waals surface area contributed by atoms with Gasteiger partial charge in [0.2, 0.25) is 11.1 Å². The molecule has 4 rings (SSSR count). The van der Waals surface area contributed by atoms with Gasteiger partial charge in [0, 0.05) is 18.0 Å². The summed E-state index contributed by atoms with van der Waals surface area (Å²) in [5.41, 5.74) is 2.76. The van der Waals surface area contributed by atoms with Crippen LogP contribution in [0, 0.1) is 5.92 Å². The molecule has 7 heteroatoms. The van der Waals surface area contributed by atoms with E-state index in [2.05, 4.69) is 46.1 Å². The van der Waals surface area contributed by atoms with Crippen LogP contribution >= 0.6 is 11.8 Å². The van der Waals surface area contributed by atoms with Crippen molar-refractivity contribution in [3.05, 3.63) is 24.3 Å². The van der Waals surface area contributed by atoms with E-state index in [9.17, 15) is 4.79 Å². The number of thioether (sulfide) groups is 1. The molecule has 1 aliphatic carbocycles. The van der Waals surface area contributed by atoms with Crippen molar-refractivity contribution in [1.82, 2.24) is 25.1 Å². The highest BCUT2D eigenvalue weighted by molar-refractivity contribution is 8.00. The van der Waals surface area contributed by atoms with Crippen LogP contribution in [-0.2, 0) is 11.3 Å². The summed E-state index contributed by atoms with van der Waals surface area (Å²) >= 11 is 1.38. The van der Waals surface area contributed by atoms with Gasteiger partial charge >= 0.3 is 0 Å². The SMILES string of the molecule is CCn1c2ccccc2c2nnc(S[C@@H](C)C(=O)N[C@@H]3CCCC[C@@H]3C)nc21. The molecule has 1 aliphatic rings. The smallest absolute Gasteiger partial charge is 0.233 e. The van der Waals surface area contributed by atoms with E-state index < -0.39 is 0 Å². The van der Waals surface area contributed by atoms with Crippen LogP contribution in [0.25, 0.3) is 22.1 Å². The van der Waals surface area contributed by atoms with Gasteiger partial charge in [-0.1, -0.05) is 49.7 Å². The number of benzene rings is 1. The molecule has 0 unspecified atom stereocenters. The summed E-state index contributed by atoms with van der Waals surface area (Å²) in [5, 5.41) is 13.3. The number of fused-ring (bicyclic) bond motifs is 3. The van der Waals surface area contributed by atoms with Gasteiger partial charge < -0.3 is 9.88 Å². The van der Waals surface area contributed by atoms with Crippen molar-refractivity contribution in [2.75, 3.05) is 0 Å². The van der Waals surface area contributed by atoms with Gasteiger partial charge in [0.15, 0.2) is 5.65 Å². The average molecular weight is 398 g/mol. The fourth-order valence-electron chi connectivity index (χ4n) is 4.10. The minimum atomic E-state index is -0.257. The van der Waals surface area contributed by atoms with E-state index in [1.54, 1.807) is 0 Å². The maximum Gasteiger partial charge on any atom is 0.233 e. The van der Waals surface area contributed by atoms with Gasteiger partial charge in [-0.25, -0.2) is 4.98 Å². The van der Waals surface area contributed by atoms with Crippen LogP contribution in [0.3, 0.4) is 0 Å². The first kappa shape index (κ1) is 19.2. The maximum atomic E-state index is 12.7. The number of aryl methyl sites for hydroxylation is 1. The summed E-state index contributed by atoms with van der Waals surface area (Å²) in [5.74, 6) is 0.605. The van der Waals surface area contributed by atoms with Crippen molar-refractivity contribution in [2.24, 2.45) is 5.92 Å². The molecule has 1 aromatic carbocycles. The summed E-state index contributed by atoms with van der Waals surface area (Å²) < 4.78 is 2.15. The van der Waals surface area contributed by atoms with Crippen molar-refractivity contribution < 1.29 is 4.79 Å². The number of para-hydroxylation sites is 1. The number of rotatable bonds is 5. The molecule has 0 spiro atoms. The first-order valence-corrected chi connectivity index (χ1v) is 11.0. The van der Waals surface area contributed by atoms with E-state index in [4.69, 9.17) is 4.98 Å². The van der Waals surface area contributed by atoms with Gasteiger partial charge in [-0.2, -0.15) is 0 Å². The van der Waals surface area contributed by atoms with E-state index in [0.717, 1.165) is 35.0 Å². The van der Waals surface area contributed by atoms with Crippen molar-refractivity contribution in [3.8, 4) is 0 Å². The fourth-order valence-corrected chi connectivity index (χ4v) is 4.82. The molecular weight excluding hydrogens is 370 g/mol. The average Bonchev–Trinajstić information content (AvgIpc) is 3.02. The van der Waals surface area contributed by atoms with Gasteiger partial charge in [-0.15, -0.1) is 10.2 Å². The van der Waals surface area contributed by atoms with E-state index in [-0.39, 0.29) is 17.2 Å². The predicted octanol–water partition coefficient (Wildman–Crippen LogP) is 4.17. The molecule has 1 amide bonds. The normalized spacial score (nSPS) is 21.1. The van der Waals surface area contributed by atoms with E-state index in [0.29, 0.717) is 11.1 Å². The zero-order valence-electron chi connectivity index (χ0n) is 16.7. The molecule has 3 atom stereocenters. The Bertz CT molecular complexity index is 1000. The van der Waals surface area contributed by atoms with Crippen LogP contribution in [0.1, 0.15) is 46.5 Å². The summed E-state index contributed by atoms with van der Waals surface area (Å²) in [4.78, 5) is 17.4. The first-order chi connectivity index (χ1) is 13.6. The first-order valence-electron chi connectivity index (χ1n) is 10.2. The Morgan fingerprint density at radius 3 is 2.86 bits per heavy atom. The van der Waals surface area contributed by atoms with Gasteiger partial charge in [-0.05, 0) is 38.7 Å². The lowest BCUT2D eigenvalue weighted by molar-refractivity contribution is -0.121. The van der Waals surface area contributed by atoms with Gasteiger partial charge in [0.25, 0.3) is 0 Å². The molecule has 28 heavy (non-hydrogen) atoms. The minimum absolute atomic E-state index is 0.0588. The summed E-state index contributed by atoms with van der Waals surface area (Å²) in [6.07, 6.45) is 4.73. The molecule has 2 heterocycles. The number of aromatic nitrogens is 4. The molecule has 1 saturated carbocycles. The number of hydrogen-bond acceptors (Lipinski definition) is 5. The van der Waals surface area contributed by atoms with Crippen LogP contribution in [0.4, 0.5) is 0 Å². The third-order valence-corrected chi connectivity index (χ3v) is 6.71. The minimum Gasteiger partial charge on any atom is -0.352 e. The predicted molar refractivity (Wildman–Crippen MR) is 113 cm³/mol. The zero-order chi connectivity index (χ0) is 19.7. The van der Waals surface area contributed by atoms with Crippen LogP contribution in [0.15, 0.2) is 29.4 Å². The molecule has 2 aromatic heterocycles. The quantitative estimate of drug-likeness (QED) is 0.654. The summed E-state index contributed by atoms with van der Waals surface area (Å²) in [6.45, 7) is 7.05. The van der Waals surface area contributed by atoms with Crippen LogP contribution < -0.4 is 5.32 Å². The molecule has 1 N–H and O–H groups in total. The largest absolute Gasteiger partial charge is 0.352 e. The highest BCUT2D eigenvalue weighted by atomic mass is 32.2. The van der Waals surface area contributed by atoms with E-state index in [1.165, 1.54) is 31.0 Å². The summed E-state index contributed by atoms with van der Waals surface area (Å²) in [6, 6.07) is 8.44. The van der Waals surface area contributed by atoms with Crippen LogP contribution in [0.5, 0.6) is 0 Å². The van der Waals surface area contributed by atoms with Crippen LogP contribution in [-0.4, -0.2) is 36.9 Å². The molecule has 0 aliphatic heterocycles. The standard InChI is InChI=1S/C21H27N5OS/c1-4-26-17-12-8-6-10-15(17)18-19(26)23-21(25-24-18)28-14(3)20(27)22-16-11-7-5-9-13(16)2/h6,8,10,12-14,16H,4-5,7,9,11H2,1-3H3,(H,22,27)/t13-,14-,16+/m0/s1. The Kier molecular flexibility index (Phi) is 5.53. The lowest BCUT2D eigenvalue weighted by atomic mass is 9.86. The molecule has 148 valence electrons. The molecule has 1 fully saturated rings. The number of hydrogen-bond donors (Lipinski definition) is 1.